The first kappa shape index (κ1) is 14.3. The molecule has 0 aromatic heterocycles. The second kappa shape index (κ2) is 6.37. The zero-order chi connectivity index (χ0) is 14.4. The first-order chi connectivity index (χ1) is 9.72. The van der Waals surface area contributed by atoms with Crippen LogP contribution in [0.4, 0.5) is 4.79 Å². The van der Waals surface area contributed by atoms with E-state index in [0.717, 1.165) is 37.4 Å². The van der Waals surface area contributed by atoms with Crippen molar-refractivity contribution < 1.29 is 19.1 Å². The average molecular weight is 274 g/mol. The van der Waals surface area contributed by atoms with Gasteiger partial charge in [0.25, 0.3) is 0 Å². The molecule has 1 saturated carbocycles. The van der Waals surface area contributed by atoms with Crippen molar-refractivity contribution in [2.24, 2.45) is 0 Å². The minimum absolute atomic E-state index is 0.132. The predicted octanol–water partition coefficient (Wildman–Crippen LogP) is 3.58. The van der Waals surface area contributed by atoms with E-state index in [0.29, 0.717) is 6.42 Å². The van der Waals surface area contributed by atoms with Crippen molar-refractivity contribution in [1.82, 2.24) is 0 Å². The lowest BCUT2D eigenvalue weighted by atomic mass is 9.72. The van der Waals surface area contributed by atoms with E-state index in [1.807, 2.05) is 30.3 Å². The zero-order valence-electron chi connectivity index (χ0n) is 11.3. The summed E-state index contributed by atoms with van der Waals surface area (Å²) in [5.41, 5.74) is -0.134. The summed E-state index contributed by atoms with van der Waals surface area (Å²) in [5.74, 6) is -0.132. The van der Waals surface area contributed by atoms with Crippen LogP contribution in [0.2, 0.25) is 0 Å². The van der Waals surface area contributed by atoms with E-state index in [2.05, 4.69) is 11.3 Å². The molecule has 0 spiro atoms. The summed E-state index contributed by atoms with van der Waals surface area (Å²) < 4.78 is 9.93. The highest BCUT2D eigenvalue weighted by molar-refractivity contribution is 5.72. The Hall–Kier alpha value is -2.10. The maximum atomic E-state index is 11.6. The van der Waals surface area contributed by atoms with Crippen LogP contribution < -0.4 is 0 Å². The molecular formula is C16H18O4. The van der Waals surface area contributed by atoms with Crippen molar-refractivity contribution >= 4 is 12.4 Å². The zero-order valence-corrected chi connectivity index (χ0v) is 11.3. The van der Waals surface area contributed by atoms with Crippen LogP contribution in [0.5, 0.6) is 0 Å². The van der Waals surface area contributed by atoms with Gasteiger partial charge in [-0.25, -0.2) is 4.79 Å². The Morgan fingerprint density at radius 3 is 2.70 bits per heavy atom. The van der Waals surface area contributed by atoms with Gasteiger partial charge in [-0.1, -0.05) is 43.3 Å². The monoisotopic (exact) mass is 274 g/mol. The van der Waals surface area contributed by atoms with Gasteiger partial charge in [-0.2, -0.15) is 0 Å². The smallest absolute Gasteiger partial charge is 0.419 e. The van der Waals surface area contributed by atoms with Gasteiger partial charge in [0.15, 0.2) is 11.9 Å². The molecule has 2 atom stereocenters. The number of hydrogen-bond acceptors (Lipinski definition) is 4. The molecule has 4 nitrogen and oxygen atoms in total. The van der Waals surface area contributed by atoms with Crippen molar-refractivity contribution in [3.05, 3.63) is 48.7 Å². The molecule has 1 aliphatic rings. The molecule has 0 N–H and O–H groups in total. The van der Waals surface area contributed by atoms with Gasteiger partial charge >= 0.3 is 6.16 Å². The highest BCUT2D eigenvalue weighted by Gasteiger charge is 2.45. The van der Waals surface area contributed by atoms with Crippen molar-refractivity contribution in [1.29, 1.82) is 0 Å². The summed E-state index contributed by atoms with van der Waals surface area (Å²) in [6.45, 7) is 3.31. The largest absolute Gasteiger partial charge is 0.514 e. The molecule has 1 aromatic rings. The summed E-state index contributed by atoms with van der Waals surface area (Å²) in [7, 11) is 0. The third kappa shape index (κ3) is 2.90. The SMILES string of the molecule is C=COC(=O)OC1(C=O)CCCCC1c1ccccc1. The minimum atomic E-state index is -1.14. The number of aldehydes is 1. The van der Waals surface area contributed by atoms with Gasteiger partial charge in [0, 0.05) is 5.92 Å². The molecule has 106 valence electrons. The summed E-state index contributed by atoms with van der Waals surface area (Å²) in [6.07, 6.45) is 4.05. The van der Waals surface area contributed by atoms with Gasteiger partial charge in [-0.05, 0) is 24.8 Å². The molecule has 1 aliphatic carbocycles. The predicted molar refractivity (Wildman–Crippen MR) is 74.2 cm³/mol. The molecule has 0 saturated heterocycles. The van der Waals surface area contributed by atoms with E-state index in [9.17, 15) is 9.59 Å². The molecule has 0 bridgehead atoms. The molecule has 1 aromatic carbocycles. The van der Waals surface area contributed by atoms with E-state index in [-0.39, 0.29) is 5.92 Å². The van der Waals surface area contributed by atoms with Crippen LogP contribution in [-0.2, 0) is 14.3 Å². The van der Waals surface area contributed by atoms with Crippen LogP contribution in [0.3, 0.4) is 0 Å². The van der Waals surface area contributed by atoms with Crippen molar-refractivity contribution in [3.63, 3.8) is 0 Å². The Bertz CT molecular complexity index is 483. The van der Waals surface area contributed by atoms with Crippen LogP contribution in [0.1, 0.15) is 37.2 Å². The second-order valence-electron chi connectivity index (χ2n) is 4.92. The molecule has 2 unspecified atom stereocenters. The standard InChI is InChI=1S/C16H18O4/c1-2-19-15(18)20-16(12-17)11-7-6-10-14(16)13-8-4-3-5-9-13/h2-5,8-9,12,14H,1,6-7,10-11H2. The lowest BCUT2D eigenvalue weighted by Crippen LogP contribution is -2.45. The molecule has 4 heteroatoms. The van der Waals surface area contributed by atoms with Crippen molar-refractivity contribution in [3.8, 4) is 0 Å². The van der Waals surface area contributed by atoms with Gasteiger partial charge < -0.3 is 9.47 Å². The van der Waals surface area contributed by atoms with Gasteiger partial charge in [-0.15, -0.1) is 0 Å². The number of carbonyl (C=O) groups excluding carboxylic acids is 2. The van der Waals surface area contributed by atoms with Crippen LogP contribution >= 0.6 is 0 Å². The Labute approximate surface area is 118 Å². The molecule has 0 radical (unpaired) electrons. The number of benzene rings is 1. The molecule has 0 aliphatic heterocycles. The Kier molecular flexibility index (Phi) is 4.56. The summed E-state index contributed by atoms with van der Waals surface area (Å²) in [6, 6.07) is 9.66. The van der Waals surface area contributed by atoms with Crippen molar-refractivity contribution in [2.75, 3.05) is 0 Å². The third-order valence-corrected chi connectivity index (χ3v) is 3.75. The van der Waals surface area contributed by atoms with E-state index >= 15 is 0 Å². The fourth-order valence-electron chi connectivity index (χ4n) is 2.84. The summed E-state index contributed by atoms with van der Waals surface area (Å²) in [5, 5.41) is 0. The van der Waals surface area contributed by atoms with Gasteiger partial charge in [0.05, 0.1) is 6.26 Å². The normalized spacial score (nSPS) is 25.5. The lowest BCUT2D eigenvalue weighted by Gasteiger charge is -2.39. The quantitative estimate of drug-likeness (QED) is 0.478. The van der Waals surface area contributed by atoms with Crippen LogP contribution in [0, 0.1) is 0 Å². The van der Waals surface area contributed by atoms with E-state index in [1.165, 1.54) is 0 Å². The molecule has 0 heterocycles. The lowest BCUT2D eigenvalue weighted by molar-refractivity contribution is -0.132. The summed E-state index contributed by atoms with van der Waals surface area (Å²) in [4.78, 5) is 23.2. The highest BCUT2D eigenvalue weighted by Crippen LogP contribution is 2.42. The number of hydrogen-bond donors (Lipinski definition) is 0. The van der Waals surface area contributed by atoms with Gasteiger partial charge in [-0.3, -0.25) is 4.79 Å². The maximum Gasteiger partial charge on any atom is 0.514 e. The van der Waals surface area contributed by atoms with E-state index in [4.69, 9.17) is 4.74 Å². The fraction of sp³-hybridized carbons (Fsp3) is 0.375. The van der Waals surface area contributed by atoms with Gasteiger partial charge in [0.1, 0.15) is 0 Å². The van der Waals surface area contributed by atoms with E-state index in [1.54, 1.807) is 0 Å². The Morgan fingerprint density at radius 1 is 1.30 bits per heavy atom. The maximum absolute atomic E-state index is 11.6. The molecule has 20 heavy (non-hydrogen) atoms. The van der Waals surface area contributed by atoms with Crippen LogP contribution in [0.25, 0.3) is 0 Å². The molecular weight excluding hydrogens is 256 g/mol. The number of carbonyl (C=O) groups is 2. The second-order valence-corrected chi connectivity index (χ2v) is 4.92. The topological polar surface area (TPSA) is 52.6 Å². The number of ether oxygens (including phenoxy) is 2. The minimum Gasteiger partial charge on any atom is -0.419 e. The molecule has 0 amide bonds. The first-order valence-electron chi connectivity index (χ1n) is 6.73. The van der Waals surface area contributed by atoms with Gasteiger partial charge in [0.2, 0.25) is 0 Å². The van der Waals surface area contributed by atoms with Crippen LogP contribution in [0.15, 0.2) is 43.2 Å². The Balaban J connectivity index is 2.29. The van der Waals surface area contributed by atoms with Crippen molar-refractivity contribution in [2.45, 2.75) is 37.2 Å². The van der Waals surface area contributed by atoms with E-state index < -0.39 is 11.8 Å². The Morgan fingerprint density at radius 2 is 2.05 bits per heavy atom. The highest BCUT2D eigenvalue weighted by atomic mass is 16.7. The van der Waals surface area contributed by atoms with Crippen LogP contribution in [-0.4, -0.2) is 18.0 Å². The number of rotatable bonds is 4. The molecule has 1 fully saturated rings. The summed E-state index contributed by atoms with van der Waals surface area (Å²) >= 11 is 0. The third-order valence-electron chi connectivity index (χ3n) is 3.75. The fourth-order valence-corrected chi connectivity index (χ4v) is 2.84. The average Bonchev–Trinajstić information content (AvgIpc) is 2.49. The molecule has 2 rings (SSSR count). The first-order valence-corrected chi connectivity index (χ1v) is 6.73.